The number of hydrazine groups is 1. The maximum atomic E-state index is 6.03. The van der Waals surface area contributed by atoms with Crippen LogP contribution in [0.25, 0.3) is 0 Å². The Bertz CT molecular complexity index is 652. The fourth-order valence-electron chi connectivity index (χ4n) is 4.25. The van der Waals surface area contributed by atoms with Crippen LogP contribution in [0.4, 0.5) is 0 Å². The first kappa shape index (κ1) is 20.9. The predicted molar refractivity (Wildman–Crippen MR) is 113 cm³/mol. The number of nitrogens with one attached hydrogen (secondary N) is 2. The van der Waals surface area contributed by atoms with Crippen LogP contribution < -0.4 is 26.1 Å². The van der Waals surface area contributed by atoms with Crippen molar-refractivity contribution in [2.75, 3.05) is 40.4 Å². The van der Waals surface area contributed by atoms with Gasteiger partial charge in [0.15, 0.2) is 11.5 Å². The molecule has 0 aliphatic carbocycles. The number of hydrogen-bond donors (Lipinski definition) is 3. The van der Waals surface area contributed by atoms with Crippen molar-refractivity contribution in [3.05, 3.63) is 23.8 Å². The number of ether oxygens (including phenoxy) is 2. The van der Waals surface area contributed by atoms with E-state index in [-0.39, 0.29) is 12.1 Å². The van der Waals surface area contributed by atoms with Crippen LogP contribution in [-0.4, -0.2) is 57.2 Å². The quantitative estimate of drug-likeness (QED) is 0.299. The number of hydrogen-bond acceptors (Lipinski definition) is 6. The van der Waals surface area contributed by atoms with Gasteiger partial charge in [-0.15, -0.1) is 0 Å². The highest BCUT2D eigenvalue weighted by atomic mass is 16.5. The third-order valence-electron chi connectivity index (χ3n) is 5.95. The maximum Gasteiger partial charge on any atom is 0.165 e. The van der Waals surface area contributed by atoms with Gasteiger partial charge in [0, 0.05) is 5.56 Å². The standard InChI is InChI=1S/C21H35N5O2/c1-15-9-13-26(14-10-15)19(17-5-4-6-18(27-2)20(17)28-3)21(25-22)24-16-7-11-23-12-8-16/h4-6,15-16,19,23H,7-14,22H2,1-3H3,(H,24,25). The molecule has 0 aromatic heterocycles. The van der Waals surface area contributed by atoms with Crippen LogP contribution in [0.3, 0.4) is 0 Å². The van der Waals surface area contributed by atoms with E-state index < -0.39 is 0 Å². The molecule has 3 rings (SSSR count). The summed E-state index contributed by atoms with van der Waals surface area (Å²) in [5.41, 5.74) is 3.98. The van der Waals surface area contributed by atoms with Gasteiger partial charge in [-0.05, 0) is 63.8 Å². The van der Waals surface area contributed by atoms with Crippen molar-refractivity contribution < 1.29 is 9.47 Å². The van der Waals surface area contributed by atoms with Gasteiger partial charge in [-0.3, -0.25) is 9.89 Å². The molecule has 7 heteroatoms. The highest BCUT2D eigenvalue weighted by molar-refractivity contribution is 5.89. The van der Waals surface area contributed by atoms with Crippen LogP contribution in [0.1, 0.15) is 44.2 Å². The van der Waals surface area contributed by atoms with Gasteiger partial charge in [0.05, 0.1) is 26.3 Å². The van der Waals surface area contributed by atoms with E-state index in [2.05, 4.69) is 28.6 Å². The number of rotatable bonds is 6. The summed E-state index contributed by atoms with van der Waals surface area (Å²) < 4.78 is 11.3. The van der Waals surface area contributed by atoms with Crippen LogP contribution in [0.15, 0.2) is 23.2 Å². The molecule has 7 nitrogen and oxygen atoms in total. The molecule has 156 valence electrons. The minimum Gasteiger partial charge on any atom is -0.493 e. The molecule has 4 N–H and O–H groups in total. The van der Waals surface area contributed by atoms with Crippen molar-refractivity contribution in [2.24, 2.45) is 16.8 Å². The van der Waals surface area contributed by atoms with E-state index in [0.29, 0.717) is 0 Å². The van der Waals surface area contributed by atoms with E-state index in [0.717, 1.165) is 67.8 Å². The Morgan fingerprint density at radius 1 is 1.18 bits per heavy atom. The second-order valence-electron chi connectivity index (χ2n) is 7.84. The number of nitrogens with zero attached hydrogens (tertiary/aromatic N) is 2. The van der Waals surface area contributed by atoms with Crippen molar-refractivity contribution in [3.63, 3.8) is 0 Å². The predicted octanol–water partition coefficient (Wildman–Crippen LogP) is 2.09. The van der Waals surface area contributed by atoms with Crippen LogP contribution >= 0.6 is 0 Å². The summed E-state index contributed by atoms with van der Waals surface area (Å²) in [4.78, 5) is 7.53. The van der Waals surface area contributed by atoms with Crippen molar-refractivity contribution in [3.8, 4) is 11.5 Å². The Hall–Kier alpha value is -1.83. The van der Waals surface area contributed by atoms with Crippen LogP contribution in [0, 0.1) is 5.92 Å². The Morgan fingerprint density at radius 2 is 1.89 bits per heavy atom. The zero-order valence-electron chi connectivity index (χ0n) is 17.4. The number of benzene rings is 1. The maximum absolute atomic E-state index is 6.03. The largest absolute Gasteiger partial charge is 0.493 e. The third kappa shape index (κ3) is 4.77. The number of nitrogens with two attached hydrogens (primary N) is 1. The van der Waals surface area contributed by atoms with Gasteiger partial charge in [-0.1, -0.05) is 19.1 Å². The molecular weight excluding hydrogens is 354 g/mol. The zero-order chi connectivity index (χ0) is 19.9. The van der Waals surface area contributed by atoms with Crippen molar-refractivity contribution in [1.29, 1.82) is 0 Å². The molecule has 2 saturated heterocycles. The average molecular weight is 390 g/mol. The molecule has 0 amide bonds. The first-order valence-electron chi connectivity index (χ1n) is 10.4. The Kier molecular flexibility index (Phi) is 7.53. The summed E-state index contributed by atoms with van der Waals surface area (Å²) in [5, 5.41) is 3.40. The van der Waals surface area contributed by atoms with Crippen molar-refractivity contribution in [2.45, 2.75) is 44.7 Å². The number of likely N-dealkylation sites (tertiary alicyclic amines) is 1. The van der Waals surface area contributed by atoms with Crippen LogP contribution in [0.2, 0.25) is 0 Å². The van der Waals surface area contributed by atoms with E-state index in [9.17, 15) is 0 Å². The number of piperidine rings is 2. The van der Waals surface area contributed by atoms with Gasteiger partial charge >= 0.3 is 0 Å². The Balaban J connectivity index is 2.00. The van der Waals surface area contributed by atoms with Gasteiger partial charge in [-0.25, -0.2) is 5.84 Å². The van der Waals surface area contributed by atoms with Crippen LogP contribution in [-0.2, 0) is 0 Å². The van der Waals surface area contributed by atoms with Crippen molar-refractivity contribution in [1.82, 2.24) is 15.6 Å². The minimum atomic E-state index is -0.0718. The molecule has 28 heavy (non-hydrogen) atoms. The van der Waals surface area contributed by atoms with E-state index in [4.69, 9.17) is 20.3 Å². The highest BCUT2D eigenvalue weighted by Crippen LogP contribution is 2.38. The molecule has 2 heterocycles. The molecule has 1 atom stereocenters. The monoisotopic (exact) mass is 389 g/mol. The van der Waals surface area contributed by atoms with Gasteiger partial charge in [0.25, 0.3) is 0 Å². The zero-order valence-corrected chi connectivity index (χ0v) is 17.4. The molecule has 0 spiro atoms. The molecule has 2 aliphatic heterocycles. The minimum absolute atomic E-state index is 0.0718. The summed E-state index contributed by atoms with van der Waals surface area (Å²) >= 11 is 0. The lowest BCUT2D eigenvalue weighted by Crippen LogP contribution is -2.47. The van der Waals surface area contributed by atoms with E-state index in [1.165, 1.54) is 12.8 Å². The smallest absolute Gasteiger partial charge is 0.165 e. The van der Waals surface area contributed by atoms with Gasteiger partial charge in [-0.2, -0.15) is 0 Å². The number of methoxy groups -OCH3 is 2. The third-order valence-corrected chi connectivity index (χ3v) is 5.95. The molecule has 0 bridgehead atoms. The lowest BCUT2D eigenvalue weighted by Gasteiger charge is -2.38. The lowest BCUT2D eigenvalue weighted by molar-refractivity contribution is 0.165. The van der Waals surface area contributed by atoms with E-state index in [1.807, 2.05) is 12.1 Å². The summed E-state index contributed by atoms with van der Waals surface area (Å²) in [6, 6.07) is 6.25. The number of para-hydroxylation sites is 1. The first-order chi connectivity index (χ1) is 13.7. The van der Waals surface area contributed by atoms with Gasteiger partial charge < -0.3 is 20.2 Å². The molecule has 1 aromatic rings. The SMILES string of the molecule is COc1cccc(C(C(=NC2CCNCC2)NN)N2CCC(C)CC2)c1OC. The fraction of sp³-hybridized carbons (Fsp3) is 0.667. The van der Waals surface area contributed by atoms with Gasteiger partial charge in [0.1, 0.15) is 5.84 Å². The topological polar surface area (TPSA) is 84.1 Å². The van der Waals surface area contributed by atoms with Crippen molar-refractivity contribution >= 4 is 5.84 Å². The molecule has 0 radical (unpaired) electrons. The number of aliphatic imine (C=N–C) groups is 1. The second kappa shape index (κ2) is 10.1. The molecule has 2 fully saturated rings. The summed E-state index contributed by atoms with van der Waals surface area (Å²) in [5.74, 6) is 9.07. The Labute approximate surface area is 168 Å². The summed E-state index contributed by atoms with van der Waals surface area (Å²) in [6.45, 7) is 6.35. The highest BCUT2D eigenvalue weighted by Gasteiger charge is 2.32. The number of amidine groups is 1. The first-order valence-corrected chi connectivity index (χ1v) is 10.4. The molecule has 0 saturated carbocycles. The molecule has 1 unspecified atom stereocenters. The lowest BCUT2D eigenvalue weighted by atomic mass is 9.94. The fourth-order valence-corrected chi connectivity index (χ4v) is 4.25. The average Bonchev–Trinajstić information content (AvgIpc) is 2.74. The molecule has 1 aromatic carbocycles. The second-order valence-corrected chi connectivity index (χ2v) is 7.84. The van der Waals surface area contributed by atoms with E-state index in [1.54, 1.807) is 14.2 Å². The Morgan fingerprint density at radius 3 is 2.50 bits per heavy atom. The summed E-state index contributed by atoms with van der Waals surface area (Å²) in [7, 11) is 3.36. The normalized spacial score (nSPS) is 21.4. The van der Waals surface area contributed by atoms with Crippen LogP contribution in [0.5, 0.6) is 11.5 Å². The molecule has 2 aliphatic rings. The van der Waals surface area contributed by atoms with Gasteiger partial charge in [0.2, 0.25) is 0 Å². The van der Waals surface area contributed by atoms with E-state index >= 15 is 0 Å². The molecular formula is C21H35N5O2. The summed E-state index contributed by atoms with van der Waals surface area (Å²) in [6.07, 6.45) is 4.41.